The third-order valence-electron chi connectivity index (χ3n) is 6.56. The molecule has 1 aliphatic heterocycles. The quantitative estimate of drug-likeness (QED) is 0.428. The maximum Gasteiger partial charge on any atom is 0.254 e. The van der Waals surface area contributed by atoms with Crippen LogP contribution in [0.3, 0.4) is 0 Å². The minimum atomic E-state index is -0.166. The van der Waals surface area contributed by atoms with Crippen LogP contribution in [0.2, 0.25) is 0 Å². The lowest BCUT2D eigenvalue weighted by Crippen LogP contribution is -2.17. The Morgan fingerprint density at radius 2 is 1.97 bits per heavy atom. The number of rotatable bonds is 3. The summed E-state index contributed by atoms with van der Waals surface area (Å²) in [5.41, 5.74) is 8.72. The first-order valence-corrected chi connectivity index (χ1v) is 11.1. The summed E-state index contributed by atoms with van der Waals surface area (Å²) in [6.07, 6.45) is 2.47. The van der Waals surface area contributed by atoms with E-state index in [-0.39, 0.29) is 5.91 Å². The summed E-state index contributed by atoms with van der Waals surface area (Å²) >= 11 is 0. The molecule has 0 bridgehead atoms. The second kappa shape index (κ2) is 7.24. The third-order valence-corrected chi connectivity index (χ3v) is 6.56. The zero-order valence-electron chi connectivity index (χ0n) is 18.8. The van der Waals surface area contributed by atoms with Gasteiger partial charge < -0.3 is 19.2 Å². The molecule has 0 aliphatic carbocycles. The van der Waals surface area contributed by atoms with Gasteiger partial charge in [0, 0.05) is 61.3 Å². The molecule has 0 spiro atoms. The van der Waals surface area contributed by atoms with Gasteiger partial charge in [-0.25, -0.2) is 4.98 Å². The standard InChI is InChI=1S/C27H24N4O2/c1-28-27(32)20-15-33-25-14-23(30(2)3)19(13-18(20)25)21-9-8-16-10-11-31-22-7-5-4-6-17(22)12-24(31)26(16)29-21/h4-9,12-15H,10-11H2,1-3H3,(H,28,32). The number of aryl methyl sites for hydroxylation is 2. The van der Waals surface area contributed by atoms with Gasteiger partial charge in [0.1, 0.15) is 11.8 Å². The van der Waals surface area contributed by atoms with Crippen LogP contribution in [-0.2, 0) is 13.0 Å². The molecule has 0 atom stereocenters. The molecule has 2 aromatic carbocycles. The lowest BCUT2D eigenvalue weighted by molar-refractivity contribution is 0.0964. The van der Waals surface area contributed by atoms with Crippen LogP contribution in [0.1, 0.15) is 15.9 Å². The predicted octanol–water partition coefficient (Wildman–Crippen LogP) is 5.10. The average Bonchev–Trinajstić information content (AvgIpc) is 3.43. The minimum absolute atomic E-state index is 0.166. The van der Waals surface area contributed by atoms with E-state index in [1.165, 1.54) is 22.7 Å². The van der Waals surface area contributed by atoms with Gasteiger partial charge in [-0.05, 0) is 36.2 Å². The van der Waals surface area contributed by atoms with Crippen LogP contribution in [0, 0.1) is 0 Å². The van der Waals surface area contributed by atoms with Gasteiger partial charge >= 0.3 is 0 Å². The third kappa shape index (κ3) is 2.94. The largest absolute Gasteiger partial charge is 0.463 e. The van der Waals surface area contributed by atoms with Gasteiger partial charge in [0.25, 0.3) is 5.91 Å². The topological polar surface area (TPSA) is 63.3 Å². The molecule has 0 radical (unpaired) electrons. The summed E-state index contributed by atoms with van der Waals surface area (Å²) in [5.74, 6) is -0.166. The number of para-hydroxylation sites is 1. The van der Waals surface area contributed by atoms with E-state index in [0.29, 0.717) is 11.1 Å². The maximum absolute atomic E-state index is 12.4. The zero-order valence-corrected chi connectivity index (χ0v) is 18.8. The second-order valence-electron chi connectivity index (χ2n) is 8.68. The summed E-state index contributed by atoms with van der Waals surface area (Å²) in [6, 6.07) is 19.0. The van der Waals surface area contributed by atoms with E-state index >= 15 is 0 Å². The van der Waals surface area contributed by atoms with Crippen molar-refractivity contribution in [3.05, 3.63) is 72.0 Å². The molecule has 0 unspecified atom stereocenters. The summed E-state index contributed by atoms with van der Waals surface area (Å²) in [7, 11) is 5.63. The van der Waals surface area contributed by atoms with Crippen molar-refractivity contribution in [2.24, 2.45) is 0 Å². The SMILES string of the molecule is CNC(=O)c1coc2cc(N(C)C)c(-c3ccc4c(n3)-c3cc5ccccc5n3CC4)cc12. The molecule has 0 saturated heterocycles. The van der Waals surface area contributed by atoms with Crippen molar-refractivity contribution in [2.45, 2.75) is 13.0 Å². The number of nitrogens with zero attached hydrogens (tertiary/aromatic N) is 3. The number of carbonyl (C=O) groups excluding carboxylic acids is 1. The highest BCUT2D eigenvalue weighted by Gasteiger charge is 2.23. The minimum Gasteiger partial charge on any atom is -0.463 e. The van der Waals surface area contributed by atoms with E-state index in [0.717, 1.165) is 46.7 Å². The van der Waals surface area contributed by atoms with Crippen LogP contribution in [0.5, 0.6) is 0 Å². The normalized spacial score (nSPS) is 12.6. The number of carbonyl (C=O) groups is 1. The Hall–Kier alpha value is -4.06. The number of pyridine rings is 1. The van der Waals surface area contributed by atoms with Gasteiger partial charge in [-0.1, -0.05) is 24.3 Å². The zero-order chi connectivity index (χ0) is 22.7. The van der Waals surface area contributed by atoms with Crippen molar-refractivity contribution in [1.82, 2.24) is 14.9 Å². The van der Waals surface area contributed by atoms with Crippen LogP contribution >= 0.6 is 0 Å². The van der Waals surface area contributed by atoms with Crippen molar-refractivity contribution in [2.75, 3.05) is 26.0 Å². The van der Waals surface area contributed by atoms with Gasteiger partial charge in [-0.3, -0.25) is 4.79 Å². The van der Waals surface area contributed by atoms with E-state index in [9.17, 15) is 4.79 Å². The second-order valence-corrected chi connectivity index (χ2v) is 8.68. The molecule has 1 aliphatic rings. The van der Waals surface area contributed by atoms with Crippen molar-refractivity contribution in [1.29, 1.82) is 0 Å². The van der Waals surface area contributed by atoms with Gasteiger partial charge in [0.15, 0.2) is 0 Å². The number of furan rings is 1. The Kier molecular flexibility index (Phi) is 4.30. The van der Waals surface area contributed by atoms with E-state index in [1.807, 2.05) is 26.2 Å². The molecule has 6 heteroatoms. The number of benzene rings is 2. The Balaban J connectivity index is 1.57. The highest BCUT2D eigenvalue weighted by molar-refractivity contribution is 6.08. The van der Waals surface area contributed by atoms with E-state index < -0.39 is 0 Å². The molecule has 164 valence electrons. The summed E-state index contributed by atoms with van der Waals surface area (Å²) in [6.45, 7) is 0.955. The summed E-state index contributed by atoms with van der Waals surface area (Å²) in [4.78, 5) is 19.6. The lowest BCUT2D eigenvalue weighted by Gasteiger charge is -2.22. The first kappa shape index (κ1) is 19.6. The number of anilines is 1. The van der Waals surface area contributed by atoms with E-state index in [2.05, 4.69) is 57.2 Å². The number of hydrogen-bond acceptors (Lipinski definition) is 4. The lowest BCUT2D eigenvalue weighted by atomic mass is 9.99. The number of fused-ring (bicyclic) bond motifs is 6. The van der Waals surface area contributed by atoms with E-state index in [4.69, 9.17) is 9.40 Å². The molecule has 4 heterocycles. The Morgan fingerprint density at radius 1 is 1.12 bits per heavy atom. The number of amides is 1. The fraction of sp³-hybridized carbons (Fsp3) is 0.185. The van der Waals surface area contributed by atoms with Crippen molar-refractivity contribution >= 4 is 33.5 Å². The number of hydrogen-bond donors (Lipinski definition) is 1. The molecule has 3 aromatic heterocycles. The summed E-state index contributed by atoms with van der Waals surface area (Å²) < 4.78 is 8.08. The molecule has 5 aromatic rings. The van der Waals surface area contributed by atoms with Crippen LogP contribution in [-0.4, -0.2) is 36.6 Å². The molecule has 1 N–H and O–H groups in total. The van der Waals surface area contributed by atoms with E-state index in [1.54, 1.807) is 7.05 Å². The van der Waals surface area contributed by atoms with Crippen LogP contribution < -0.4 is 10.2 Å². The number of nitrogens with one attached hydrogen (secondary N) is 1. The molecular weight excluding hydrogens is 412 g/mol. The molecule has 6 nitrogen and oxygen atoms in total. The first-order valence-electron chi connectivity index (χ1n) is 11.1. The molecule has 33 heavy (non-hydrogen) atoms. The Labute approximate surface area is 191 Å². The average molecular weight is 437 g/mol. The molecule has 6 rings (SSSR count). The molecule has 1 amide bonds. The first-order chi connectivity index (χ1) is 16.0. The smallest absolute Gasteiger partial charge is 0.254 e. The Morgan fingerprint density at radius 3 is 2.79 bits per heavy atom. The van der Waals surface area contributed by atoms with Gasteiger partial charge in [-0.15, -0.1) is 0 Å². The highest BCUT2D eigenvalue weighted by Crippen LogP contribution is 2.39. The molecule has 0 fully saturated rings. The van der Waals surface area contributed by atoms with Gasteiger partial charge in [-0.2, -0.15) is 0 Å². The summed E-state index contributed by atoms with van der Waals surface area (Å²) in [5, 5.41) is 4.71. The predicted molar refractivity (Wildman–Crippen MR) is 132 cm³/mol. The van der Waals surface area contributed by atoms with Crippen LogP contribution in [0.15, 0.2) is 65.3 Å². The fourth-order valence-electron chi connectivity index (χ4n) is 4.89. The van der Waals surface area contributed by atoms with Crippen molar-refractivity contribution in [3.63, 3.8) is 0 Å². The van der Waals surface area contributed by atoms with Crippen molar-refractivity contribution < 1.29 is 9.21 Å². The molecule has 0 saturated carbocycles. The van der Waals surface area contributed by atoms with Crippen LogP contribution in [0.4, 0.5) is 5.69 Å². The Bertz CT molecular complexity index is 1560. The fourth-order valence-corrected chi connectivity index (χ4v) is 4.89. The molecular formula is C27H24N4O2. The highest BCUT2D eigenvalue weighted by atomic mass is 16.3. The van der Waals surface area contributed by atoms with Gasteiger partial charge in [0.2, 0.25) is 0 Å². The number of aromatic nitrogens is 2. The van der Waals surface area contributed by atoms with Crippen molar-refractivity contribution in [3.8, 4) is 22.6 Å². The monoisotopic (exact) mass is 436 g/mol. The van der Waals surface area contributed by atoms with Crippen LogP contribution in [0.25, 0.3) is 44.5 Å². The maximum atomic E-state index is 12.4. The van der Waals surface area contributed by atoms with Gasteiger partial charge in [0.05, 0.1) is 22.6 Å².